The number of aryl methyl sites for hydroxylation is 3. The van der Waals surface area contributed by atoms with Crippen molar-refractivity contribution in [2.24, 2.45) is 7.05 Å². The minimum Gasteiger partial charge on any atom is -0.495 e. The molecule has 0 atom stereocenters. The molecule has 0 amide bonds. The van der Waals surface area contributed by atoms with Gasteiger partial charge < -0.3 is 10.1 Å². The monoisotopic (exact) mass is 343 g/mol. The molecular weight excluding hydrogens is 326 g/mol. The largest absolute Gasteiger partial charge is 0.495 e. The topological polar surface area (TPSA) is 64.9 Å². The van der Waals surface area contributed by atoms with Gasteiger partial charge in [0.1, 0.15) is 5.75 Å². The highest BCUT2D eigenvalue weighted by atomic mass is 35.5. The van der Waals surface area contributed by atoms with Crippen LogP contribution in [-0.4, -0.2) is 26.9 Å². The van der Waals surface area contributed by atoms with Crippen LogP contribution in [-0.2, 0) is 19.9 Å². The number of rotatable bonds is 6. The van der Waals surface area contributed by atoms with E-state index in [1.165, 1.54) is 0 Å². The summed E-state index contributed by atoms with van der Waals surface area (Å²) in [7, 11) is 3.48. The van der Waals surface area contributed by atoms with Gasteiger partial charge >= 0.3 is 0 Å². The number of aromatic nitrogens is 4. The molecule has 0 unspecified atom stereocenters. The summed E-state index contributed by atoms with van der Waals surface area (Å²) < 4.78 is 6.96. The Morgan fingerprint density at radius 1 is 1.17 bits per heavy atom. The number of hydrogen-bond acceptors (Lipinski definition) is 5. The van der Waals surface area contributed by atoms with Crippen molar-refractivity contribution in [2.75, 3.05) is 12.4 Å². The Bertz CT molecular complexity index is 816. The Kier molecular flexibility index (Phi) is 4.96. The Morgan fingerprint density at radius 2 is 1.96 bits per heavy atom. The summed E-state index contributed by atoms with van der Waals surface area (Å²) in [4.78, 5) is 8.67. The van der Waals surface area contributed by atoms with Gasteiger partial charge in [-0.25, -0.2) is 9.97 Å². The summed E-state index contributed by atoms with van der Waals surface area (Å²) in [6.07, 6.45) is 8.83. The van der Waals surface area contributed by atoms with E-state index in [-0.39, 0.29) is 0 Å². The molecule has 24 heavy (non-hydrogen) atoms. The minimum absolute atomic E-state index is 0.547. The van der Waals surface area contributed by atoms with Crippen LogP contribution in [0.4, 0.5) is 11.6 Å². The van der Waals surface area contributed by atoms with Gasteiger partial charge in [0.2, 0.25) is 5.95 Å². The molecule has 0 saturated heterocycles. The van der Waals surface area contributed by atoms with Crippen LogP contribution in [0.15, 0.2) is 43.0 Å². The third kappa shape index (κ3) is 3.83. The first-order valence-electron chi connectivity index (χ1n) is 7.53. The van der Waals surface area contributed by atoms with Crippen molar-refractivity contribution in [3.05, 3.63) is 59.1 Å². The Morgan fingerprint density at radius 3 is 2.62 bits per heavy atom. The molecule has 2 heterocycles. The van der Waals surface area contributed by atoms with Crippen LogP contribution in [0.1, 0.15) is 11.1 Å². The van der Waals surface area contributed by atoms with Crippen LogP contribution >= 0.6 is 11.6 Å². The second kappa shape index (κ2) is 7.31. The van der Waals surface area contributed by atoms with Gasteiger partial charge in [-0.2, -0.15) is 5.10 Å². The second-order valence-corrected chi connectivity index (χ2v) is 5.75. The van der Waals surface area contributed by atoms with Crippen LogP contribution in [0, 0.1) is 0 Å². The van der Waals surface area contributed by atoms with E-state index in [1.807, 2.05) is 43.8 Å². The van der Waals surface area contributed by atoms with Crippen molar-refractivity contribution in [3.63, 3.8) is 0 Å². The van der Waals surface area contributed by atoms with Crippen LogP contribution in [0.5, 0.6) is 5.75 Å². The first-order valence-corrected chi connectivity index (χ1v) is 7.91. The summed E-state index contributed by atoms with van der Waals surface area (Å²) in [6.45, 7) is 0. The lowest BCUT2D eigenvalue weighted by atomic mass is 10.1. The Labute approximate surface area is 145 Å². The molecule has 0 spiro atoms. The number of ether oxygens (including phenoxy) is 1. The van der Waals surface area contributed by atoms with E-state index in [0.29, 0.717) is 16.7 Å². The van der Waals surface area contributed by atoms with Crippen molar-refractivity contribution < 1.29 is 4.74 Å². The van der Waals surface area contributed by atoms with Gasteiger partial charge in [0.25, 0.3) is 0 Å². The molecule has 0 bridgehead atoms. The van der Waals surface area contributed by atoms with Gasteiger partial charge in [-0.05, 0) is 30.0 Å². The number of nitrogens with one attached hydrogen (secondary N) is 1. The minimum atomic E-state index is 0.547. The molecule has 0 aliphatic heterocycles. The fourth-order valence-electron chi connectivity index (χ4n) is 2.35. The predicted molar refractivity (Wildman–Crippen MR) is 93.9 cm³/mol. The standard InChI is InChI=1S/C17H18ClN5O/c1-23-11-14(10-21-23)22-17-19-8-12(9-20-17)6-7-13-4-3-5-15(24-2)16(13)18/h3-5,8-11H,6-7H2,1-2H3,(H,19,20,22). The summed E-state index contributed by atoms with van der Waals surface area (Å²) in [5.41, 5.74) is 2.95. The molecule has 7 heteroatoms. The molecule has 6 nitrogen and oxygen atoms in total. The molecule has 0 radical (unpaired) electrons. The third-order valence-electron chi connectivity index (χ3n) is 3.61. The lowest BCUT2D eigenvalue weighted by Gasteiger charge is -2.08. The summed E-state index contributed by atoms with van der Waals surface area (Å²) in [5, 5.41) is 7.86. The zero-order chi connectivity index (χ0) is 16.9. The highest BCUT2D eigenvalue weighted by Gasteiger charge is 2.07. The summed E-state index contributed by atoms with van der Waals surface area (Å²) >= 11 is 6.32. The van der Waals surface area contributed by atoms with E-state index >= 15 is 0 Å². The lowest BCUT2D eigenvalue weighted by Crippen LogP contribution is -1.99. The number of nitrogens with zero attached hydrogens (tertiary/aromatic N) is 4. The van der Waals surface area contributed by atoms with E-state index in [0.717, 1.165) is 29.7 Å². The van der Waals surface area contributed by atoms with Crippen LogP contribution < -0.4 is 10.1 Å². The average Bonchev–Trinajstić information content (AvgIpc) is 3.00. The molecular formula is C17H18ClN5O. The van der Waals surface area contributed by atoms with Crippen LogP contribution in [0.25, 0.3) is 0 Å². The lowest BCUT2D eigenvalue weighted by molar-refractivity contribution is 0.414. The van der Waals surface area contributed by atoms with Crippen molar-refractivity contribution in [2.45, 2.75) is 12.8 Å². The van der Waals surface area contributed by atoms with E-state index < -0.39 is 0 Å². The highest BCUT2D eigenvalue weighted by molar-refractivity contribution is 6.32. The maximum Gasteiger partial charge on any atom is 0.227 e. The molecule has 0 aliphatic carbocycles. The second-order valence-electron chi connectivity index (χ2n) is 5.38. The smallest absolute Gasteiger partial charge is 0.227 e. The maximum atomic E-state index is 6.32. The van der Waals surface area contributed by atoms with Crippen molar-refractivity contribution >= 4 is 23.2 Å². The van der Waals surface area contributed by atoms with Gasteiger partial charge in [-0.3, -0.25) is 4.68 Å². The van der Waals surface area contributed by atoms with Gasteiger partial charge in [0, 0.05) is 25.6 Å². The van der Waals surface area contributed by atoms with Gasteiger partial charge in [-0.1, -0.05) is 23.7 Å². The number of benzene rings is 1. The van der Waals surface area contributed by atoms with E-state index in [2.05, 4.69) is 20.4 Å². The SMILES string of the molecule is COc1cccc(CCc2cnc(Nc3cnn(C)c3)nc2)c1Cl. The Hall–Kier alpha value is -2.60. The zero-order valence-electron chi connectivity index (χ0n) is 13.5. The fraction of sp³-hybridized carbons (Fsp3) is 0.235. The van der Waals surface area contributed by atoms with Crippen LogP contribution in [0.3, 0.4) is 0 Å². The van der Waals surface area contributed by atoms with Crippen molar-refractivity contribution in [1.29, 1.82) is 0 Å². The highest BCUT2D eigenvalue weighted by Crippen LogP contribution is 2.28. The van der Waals surface area contributed by atoms with Crippen molar-refractivity contribution in [3.8, 4) is 5.75 Å². The maximum absolute atomic E-state index is 6.32. The quantitative estimate of drug-likeness (QED) is 0.743. The summed E-state index contributed by atoms with van der Waals surface area (Å²) in [6, 6.07) is 5.80. The molecule has 3 aromatic rings. The molecule has 0 aliphatic rings. The number of hydrogen-bond donors (Lipinski definition) is 1. The van der Waals surface area contributed by atoms with E-state index in [4.69, 9.17) is 16.3 Å². The molecule has 1 aromatic carbocycles. The number of methoxy groups -OCH3 is 1. The van der Waals surface area contributed by atoms with Crippen molar-refractivity contribution in [1.82, 2.24) is 19.7 Å². The van der Waals surface area contributed by atoms with E-state index in [9.17, 15) is 0 Å². The summed E-state index contributed by atoms with van der Waals surface area (Å²) in [5.74, 6) is 1.24. The Balaban J connectivity index is 1.62. The molecule has 124 valence electrons. The molecule has 2 aromatic heterocycles. The fourth-order valence-corrected chi connectivity index (χ4v) is 2.65. The van der Waals surface area contributed by atoms with Gasteiger partial charge in [0.05, 0.1) is 24.0 Å². The average molecular weight is 344 g/mol. The molecule has 0 saturated carbocycles. The number of anilines is 2. The molecule has 3 rings (SSSR count). The number of halogens is 1. The van der Waals surface area contributed by atoms with Gasteiger partial charge in [-0.15, -0.1) is 0 Å². The van der Waals surface area contributed by atoms with E-state index in [1.54, 1.807) is 18.0 Å². The first-order chi connectivity index (χ1) is 11.7. The molecule has 0 fully saturated rings. The predicted octanol–water partition coefficient (Wildman–Crippen LogP) is 3.40. The van der Waals surface area contributed by atoms with Crippen LogP contribution in [0.2, 0.25) is 5.02 Å². The first kappa shape index (κ1) is 16.3. The zero-order valence-corrected chi connectivity index (χ0v) is 14.3. The normalized spacial score (nSPS) is 10.6. The third-order valence-corrected chi connectivity index (χ3v) is 4.04. The van der Waals surface area contributed by atoms with Gasteiger partial charge in [0.15, 0.2) is 0 Å². The molecule has 1 N–H and O–H groups in total.